The molecule has 20 heavy (non-hydrogen) atoms. The second-order valence-corrected chi connectivity index (χ2v) is 5.50. The number of carbonyl (C=O) groups is 1. The van der Waals surface area contributed by atoms with Gasteiger partial charge >= 0.3 is 5.97 Å². The van der Waals surface area contributed by atoms with Gasteiger partial charge in [-0.25, -0.2) is 13.6 Å². The van der Waals surface area contributed by atoms with Crippen molar-refractivity contribution in [2.45, 2.75) is 17.6 Å². The summed E-state index contributed by atoms with van der Waals surface area (Å²) in [7, 11) is -1.65. The lowest BCUT2D eigenvalue weighted by atomic mass is 10.2. The van der Waals surface area contributed by atoms with E-state index in [1.165, 1.54) is 19.1 Å². The Labute approximate surface area is 115 Å². The average Bonchev–Trinajstić information content (AvgIpc) is 2.73. The number of halogens is 2. The number of benzene rings is 1. The van der Waals surface area contributed by atoms with Crippen LogP contribution >= 0.6 is 0 Å². The van der Waals surface area contributed by atoms with Crippen LogP contribution in [-0.4, -0.2) is 15.3 Å². The summed E-state index contributed by atoms with van der Waals surface area (Å²) in [5.41, 5.74) is -0.0118. The van der Waals surface area contributed by atoms with Gasteiger partial charge in [-0.05, 0) is 31.2 Å². The molecule has 2 aromatic rings. The van der Waals surface area contributed by atoms with Gasteiger partial charge in [0.25, 0.3) is 0 Å². The van der Waals surface area contributed by atoms with E-state index in [1.807, 2.05) is 0 Å². The van der Waals surface area contributed by atoms with Crippen LogP contribution in [0.1, 0.15) is 21.9 Å². The zero-order chi connectivity index (χ0) is 14.9. The fraction of sp³-hybridized carbons (Fsp3) is 0.154. The van der Waals surface area contributed by atoms with Gasteiger partial charge < -0.3 is 9.52 Å². The highest BCUT2D eigenvalue weighted by Gasteiger charge is 2.16. The summed E-state index contributed by atoms with van der Waals surface area (Å²) < 4.78 is 43.0. The molecule has 2 rings (SSSR count). The molecule has 7 heteroatoms. The highest BCUT2D eigenvalue weighted by atomic mass is 32.2. The largest absolute Gasteiger partial charge is 0.478 e. The molecular weight excluding hydrogens is 290 g/mol. The second-order valence-electron chi connectivity index (χ2n) is 4.05. The molecule has 0 amide bonds. The van der Waals surface area contributed by atoms with Crippen LogP contribution < -0.4 is 0 Å². The van der Waals surface area contributed by atoms with Crippen LogP contribution in [0.25, 0.3) is 0 Å². The quantitative estimate of drug-likeness (QED) is 0.942. The fourth-order valence-corrected chi connectivity index (χ4v) is 2.68. The summed E-state index contributed by atoms with van der Waals surface area (Å²) in [5, 5.41) is 8.87. The van der Waals surface area contributed by atoms with E-state index in [9.17, 15) is 17.8 Å². The van der Waals surface area contributed by atoms with Crippen LogP contribution in [0.5, 0.6) is 0 Å². The van der Waals surface area contributed by atoms with Crippen molar-refractivity contribution in [2.24, 2.45) is 0 Å². The van der Waals surface area contributed by atoms with Crippen molar-refractivity contribution < 1.29 is 27.3 Å². The van der Waals surface area contributed by atoms with E-state index in [0.29, 0.717) is 0 Å². The molecule has 0 aliphatic heterocycles. The first-order valence-corrected chi connectivity index (χ1v) is 6.86. The molecular formula is C13H10F2O4S. The number of hydrogen-bond donors (Lipinski definition) is 1. The van der Waals surface area contributed by atoms with E-state index >= 15 is 0 Å². The van der Waals surface area contributed by atoms with Gasteiger partial charge in [0.2, 0.25) is 0 Å². The number of carboxylic acid groups (broad SMARTS) is 1. The molecule has 1 aromatic carbocycles. The van der Waals surface area contributed by atoms with E-state index in [0.717, 1.165) is 12.1 Å². The molecule has 106 valence electrons. The van der Waals surface area contributed by atoms with E-state index < -0.39 is 28.4 Å². The normalized spacial score (nSPS) is 12.3. The minimum absolute atomic E-state index is 0.0118. The Kier molecular flexibility index (Phi) is 3.99. The average molecular weight is 300 g/mol. The van der Waals surface area contributed by atoms with Gasteiger partial charge in [0.05, 0.1) is 16.6 Å². The first-order valence-electron chi connectivity index (χ1n) is 5.54. The topological polar surface area (TPSA) is 67.5 Å². The van der Waals surface area contributed by atoms with Crippen LogP contribution in [0.2, 0.25) is 0 Å². The van der Waals surface area contributed by atoms with Crippen molar-refractivity contribution in [1.82, 2.24) is 0 Å². The first-order chi connectivity index (χ1) is 9.38. The van der Waals surface area contributed by atoms with Gasteiger partial charge in [0.1, 0.15) is 17.1 Å². The van der Waals surface area contributed by atoms with Crippen LogP contribution in [0.15, 0.2) is 33.6 Å². The molecule has 0 aliphatic rings. The predicted octanol–water partition coefficient (Wildman–Crippen LogP) is 2.87. The summed E-state index contributed by atoms with van der Waals surface area (Å²) in [6, 6.07) is 4.22. The van der Waals surface area contributed by atoms with Crippen LogP contribution in [-0.2, 0) is 16.6 Å². The zero-order valence-corrected chi connectivity index (χ0v) is 11.2. The molecule has 1 N–H and O–H groups in total. The van der Waals surface area contributed by atoms with Gasteiger partial charge in [-0.1, -0.05) is 0 Å². The number of carboxylic acids is 1. The Morgan fingerprint density at radius 3 is 2.55 bits per heavy atom. The van der Waals surface area contributed by atoms with Crippen LogP contribution in [0.3, 0.4) is 0 Å². The van der Waals surface area contributed by atoms with E-state index in [1.54, 1.807) is 0 Å². The Hall–Kier alpha value is -2.02. The summed E-state index contributed by atoms with van der Waals surface area (Å²) >= 11 is 0. The van der Waals surface area contributed by atoms with Gasteiger partial charge in [-0.2, -0.15) is 0 Å². The van der Waals surface area contributed by atoms with Crippen LogP contribution in [0, 0.1) is 18.6 Å². The third-order valence-corrected chi connectivity index (χ3v) is 3.95. The van der Waals surface area contributed by atoms with Crippen LogP contribution in [0.4, 0.5) is 8.78 Å². The minimum atomic E-state index is -1.65. The molecule has 0 saturated heterocycles. The lowest BCUT2D eigenvalue weighted by molar-refractivity contribution is 0.0695. The minimum Gasteiger partial charge on any atom is -0.478 e. The third kappa shape index (κ3) is 2.93. The van der Waals surface area contributed by atoms with Gasteiger partial charge in [0.15, 0.2) is 11.6 Å². The number of aryl methyl sites for hydroxylation is 1. The molecule has 0 fully saturated rings. The van der Waals surface area contributed by atoms with Crippen molar-refractivity contribution in [1.29, 1.82) is 0 Å². The molecule has 1 aromatic heterocycles. The first kappa shape index (κ1) is 14.4. The standard InChI is InChI=1S/C13H10F2O4S/c1-7-10(13(16)17)4-8(19-7)6-20(18)9-2-3-11(14)12(15)5-9/h2-5H,6H2,1H3,(H,16,17). The van der Waals surface area contributed by atoms with Crippen molar-refractivity contribution in [2.75, 3.05) is 0 Å². The smallest absolute Gasteiger partial charge is 0.339 e. The van der Waals surface area contributed by atoms with Gasteiger partial charge in [-0.3, -0.25) is 4.21 Å². The maximum Gasteiger partial charge on any atom is 0.339 e. The van der Waals surface area contributed by atoms with Gasteiger partial charge in [0, 0.05) is 4.90 Å². The Bertz CT molecular complexity index is 694. The lowest BCUT2D eigenvalue weighted by Gasteiger charge is -2.01. The zero-order valence-electron chi connectivity index (χ0n) is 10.4. The summed E-state index contributed by atoms with van der Waals surface area (Å²) in [4.78, 5) is 11.0. The summed E-state index contributed by atoms with van der Waals surface area (Å²) in [6.07, 6.45) is 0. The van der Waals surface area contributed by atoms with Crippen molar-refractivity contribution in [3.63, 3.8) is 0 Å². The van der Waals surface area contributed by atoms with Crippen molar-refractivity contribution >= 4 is 16.8 Å². The molecule has 0 aliphatic carbocycles. The van der Waals surface area contributed by atoms with E-state index in [4.69, 9.17) is 9.52 Å². The lowest BCUT2D eigenvalue weighted by Crippen LogP contribution is -1.98. The fourth-order valence-electron chi connectivity index (χ4n) is 1.66. The molecule has 0 radical (unpaired) electrons. The molecule has 1 heterocycles. The number of rotatable bonds is 4. The molecule has 0 spiro atoms. The number of hydrogen-bond acceptors (Lipinski definition) is 3. The molecule has 0 bridgehead atoms. The maximum atomic E-state index is 13.0. The highest BCUT2D eigenvalue weighted by Crippen LogP contribution is 2.20. The molecule has 1 unspecified atom stereocenters. The Morgan fingerprint density at radius 2 is 2.00 bits per heavy atom. The Balaban J connectivity index is 2.21. The predicted molar refractivity (Wildman–Crippen MR) is 66.9 cm³/mol. The van der Waals surface area contributed by atoms with Crippen molar-refractivity contribution in [3.05, 3.63) is 53.0 Å². The molecule has 1 atom stereocenters. The SMILES string of the molecule is Cc1oc(CS(=O)c2ccc(F)c(F)c2)cc1C(=O)O. The molecule has 4 nitrogen and oxygen atoms in total. The summed E-state index contributed by atoms with van der Waals surface area (Å²) in [5.74, 6) is -2.95. The third-order valence-electron chi connectivity index (χ3n) is 2.63. The molecule has 0 saturated carbocycles. The number of furan rings is 1. The van der Waals surface area contributed by atoms with Gasteiger partial charge in [-0.15, -0.1) is 0 Å². The number of aromatic carboxylic acids is 1. The maximum absolute atomic E-state index is 13.0. The monoisotopic (exact) mass is 300 g/mol. The summed E-state index contributed by atoms with van der Waals surface area (Å²) in [6.45, 7) is 1.48. The van der Waals surface area contributed by atoms with Crippen molar-refractivity contribution in [3.8, 4) is 0 Å². The highest BCUT2D eigenvalue weighted by molar-refractivity contribution is 7.84. The Morgan fingerprint density at radius 1 is 1.30 bits per heavy atom. The van der Waals surface area contributed by atoms with E-state index in [2.05, 4.69) is 0 Å². The van der Waals surface area contributed by atoms with E-state index in [-0.39, 0.29) is 27.7 Å². The second kappa shape index (κ2) is 5.54.